The zero-order valence-electron chi connectivity index (χ0n) is 11.4. The molecule has 1 rings (SSSR count). The topological polar surface area (TPSA) is 53.7 Å². The van der Waals surface area contributed by atoms with E-state index in [9.17, 15) is 0 Å². The van der Waals surface area contributed by atoms with E-state index < -0.39 is 0 Å². The van der Waals surface area contributed by atoms with Crippen LogP contribution in [0, 0.1) is 0 Å². The minimum atomic E-state index is 0.00894. The van der Waals surface area contributed by atoms with Crippen LogP contribution in [0.5, 0.6) is 11.5 Å². The highest BCUT2D eigenvalue weighted by atomic mass is 16.5. The Morgan fingerprint density at radius 2 is 1.89 bits per heavy atom. The van der Waals surface area contributed by atoms with E-state index in [1.54, 1.807) is 14.2 Å². The number of rotatable bonds is 8. The van der Waals surface area contributed by atoms with E-state index in [-0.39, 0.29) is 6.04 Å². The molecule has 0 spiro atoms. The van der Waals surface area contributed by atoms with Gasteiger partial charge in [0, 0.05) is 12.6 Å². The summed E-state index contributed by atoms with van der Waals surface area (Å²) >= 11 is 0. The van der Waals surface area contributed by atoms with Crippen LogP contribution in [0.4, 0.5) is 0 Å². The molecule has 4 heteroatoms. The summed E-state index contributed by atoms with van der Waals surface area (Å²) in [5.74, 6) is 1.47. The fraction of sp³-hybridized carbons (Fsp3) is 0.571. The molecule has 18 heavy (non-hydrogen) atoms. The van der Waals surface area contributed by atoms with Crippen LogP contribution in [0.3, 0.4) is 0 Å². The van der Waals surface area contributed by atoms with Crippen LogP contribution in [0.1, 0.15) is 18.9 Å². The van der Waals surface area contributed by atoms with Crippen LogP contribution in [0.15, 0.2) is 18.2 Å². The number of ether oxygens (including phenoxy) is 3. The smallest absolute Gasteiger partial charge is 0.160 e. The van der Waals surface area contributed by atoms with E-state index in [2.05, 4.69) is 6.92 Å². The van der Waals surface area contributed by atoms with E-state index in [4.69, 9.17) is 19.9 Å². The highest BCUT2D eigenvalue weighted by Crippen LogP contribution is 2.27. The van der Waals surface area contributed by atoms with Crippen molar-refractivity contribution in [1.82, 2.24) is 0 Å². The summed E-state index contributed by atoms with van der Waals surface area (Å²) < 4.78 is 15.9. The third kappa shape index (κ3) is 4.55. The predicted molar refractivity (Wildman–Crippen MR) is 72.3 cm³/mol. The van der Waals surface area contributed by atoms with Gasteiger partial charge in [-0.05, 0) is 30.5 Å². The second-order valence-electron chi connectivity index (χ2n) is 4.23. The molecule has 0 aliphatic rings. The van der Waals surface area contributed by atoms with Crippen molar-refractivity contribution in [3.63, 3.8) is 0 Å². The van der Waals surface area contributed by atoms with Crippen molar-refractivity contribution in [3.8, 4) is 11.5 Å². The van der Waals surface area contributed by atoms with E-state index in [1.807, 2.05) is 18.2 Å². The average molecular weight is 253 g/mol. The Bertz CT molecular complexity index is 355. The second-order valence-corrected chi connectivity index (χ2v) is 4.23. The number of benzene rings is 1. The molecule has 2 N–H and O–H groups in total. The molecule has 0 aliphatic carbocycles. The zero-order valence-corrected chi connectivity index (χ0v) is 11.4. The van der Waals surface area contributed by atoms with Crippen molar-refractivity contribution >= 4 is 0 Å². The number of methoxy groups -OCH3 is 2. The standard InChI is InChI=1S/C14H23NO3/c1-4-7-18-10-12(15)8-11-5-6-13(16-2)14(9-11)17-3/h5-6,9,12H,4,7-8,10,15H2,1-3H3. The summed E-state index contributed by atoms with van der Waals surface area (Å²) in [6.07, 6.45) is 1.78. The Kier molecular flexibility index (Phi) is 6.54. The molecule has 0 amide bonds. The van der Waals surface area contributed by atoms with Crippen LogP contribution in [0.25, 0.3) is 0 Å². The SMILES string of the molecule is CCCOCC(N)Cc1ccc(OC)c(OC)c1. The van der Waals surface area contributed by atoms with Gasteiger partial charge in [-0.1, -0.05) is 13.0 Å². The maximum absolute atomic E-state index is 6.01. The van der Waals surface area contributed by atoms with Gasteiger partial charge in [0.15, 0.2) is 11.5 Å². The first kappa shape index (κ1) is 14.8. The molecule has 1 unspecified atom stereocenters. The highest BCUT2D eigenvalue weighted by Gasteiger charge is 2.08. The van der Waals surface area contributed by atoms with Gasteiger partial charge in [0.05, 0.1) is 20.8 Å². The van der Waals surface area contributed by atoms with Gasteiger partial charge in [-0.2, -0.15) is 0 Å². The molecule has 1 atom stereocenters. The van der Waals surface area contributed by atoms with Crippen LogP contribution < -0.4 is 15.2 Å². The lowest BCUT2D eigenvalue weighted by molar-refractivity contribution is 0.121. The summed E-state index contributed by atoms with van der Waals surface area (Å²) in [6.45, 7) is 3.43. The van der Waals surface area contributed by atoms with E-state index in [0.29, 0.717) is 6.61 Å². The molecule has 0 fully saturated rings. The molecule has 1 aromatic carbocycles. The molecule has 0 saturated heterocycles. The van der Waals surface area contributed by atoms with Gasteiger partial charge in [0.25, 0.3) is 0 Å². The first-order chi connectivity index (χ1) is 8.71. The quantitative estimate of drug-likeness (QED) is 0.720. The zero-order chi connectivity index (χ0) is 13.4. The Morgan fingerprint density at radius 3 is 2.50 bits per heavy atom. The molecule has 0 saturated carbocycles. The maximum atomic E-state index is 6.01. The summed E-state index contributed by atoms with van der Waals surface area (Å²) in [5, 5.41) is 0. The van der Waals surface area contributed by atoms with Gasteiger partial charge in [0.2, 0.25) is 0 Å². The molecular formula is C14H23NO3. The van der Waals surface area contributed by atoms with Gasteiger partial charge < -0.3 is 19.9 Å². The molecule has 4 nitrogen and oxygen atoms in total. The summed E-state index contributed by atoms with van der Waals surface area (Å²) in [5.41, 5.74) is 7.14. The minimum Gasteiger partial charge on any atom is -0.493 e. The van der Waals surface area contributed by atoms with Crippen molar-refractivity contribution in [2.75, 3.05) is 27.4 Å². The monoisotopic (exact) mass is 253 g/mol. The van der Waals surface area contributed by atoms with Crippen molar-refractivity contribution in [1.29, 1.82) is 0 Å². The Balaban J connectivity index is 2.56. The van der Waals surface area contributed by atoms with Crippen molar-refractivity contribution < 1.29 is 14.2 Å². The van der Waals surface area contributed by atoms with Gasteiger partial charge >= 0.3 is 0 Å². The molecule has 1 aromatic rings. The molecule has 0 radical (unpaired) electrons. The molecule has 102 valence electrons. The van der Waals surface area contributed by atoms with Gasteiger partial charge in [-0.15, -0.1) is 0 Å². The van der Waals surface area contributed by atoms with E-state index >= 15 is 0 Å². The van der Waals surface area contributed by atoms with Crippen LogP contribution in [-0.4, -0.2) is 33.5 Å². The Labute approximate surface area is 109 Å². The number of hydrogen-bond acceptors (Lipinski definition) is 4. The summed E-state index contributed by atoms with van der Waals surface area (Å²) in [6, 6.07) is 5.86. The third-order valence-corrected chi connectivity index (χ3v) is 2.63. The largest absolute Gasteiger partial charge is 0.493 e. The molecule has 0 heterocycles. The number of hydrogen-bond donors (Lipinski definition) is 1. The van der Waals surface area contributed by atoms with Crippen LogP contribution in [-0.2, 0) is 11.2 Å². The van der Waals surface area contributed by atoms with Crippen molar-refractivity contribution in [2.45, 2.75) is 25.8 Å². The summed E-state index contributed by atoms with van der Waals surface area (Å²) in [7, 11) is 3.26. The van der Waals surface area contributed by atoms with Gasteiger partial charge in [-0.3, -0.25) is 0 Å². The van der Waals surface area contributed by atoms with Gasteiger partial charge in [0.1, 0.15) is 0 Å². The Morgan fingerprint density at radius 1 is 1.17 bits per heavy atom. The normalized spacial score (nSPS) is 12.2. The van der Waals surface area contributed by atoms with Crippen molar-refractivity contribution in [2.24, 2.45) is 5.73 Å². The minimum absolute atomic E-state index is 0.00894. The first-order valence-corrected chi connectivity index (χ1v) is 6.25. The van der Waals surface area contributed by atoms with E-state index in [0.717, 1.165) is 36.5 Å². The molecule has 0 aliphatic heterocycles. The summed E-state index contributed by atoms with van der Waals surface area (Å²) in [4.78, 5) is 0. The maximum Gasteiger partial charge on any atom is 0.160 e. The highest BCUT2D eigenvalue weighted by molar-refractivity contribution is 5.43. The fourth-order valence-corrected chi connectivity index (χ4v) is 1.75. The lowest BCUT2D eigenvalue weighted by Crippen LogP contribution is -2.28. The Hall–Kier alpha value is -1.26. The number of nitrogens with two attached hydrogens (primary N) is 1. The first-order valence-electron chi connectivity index (χ1n) is 6.25. The molecular weight excluding hydrogens is 230 g/mol. The third-order valence-electron chi connectivity index (χ3n) is 2.63. The lowest BCUT2D eigenvalue weighted by atomic mass is 10.1. The van der Waals surface area contributed by atoms with Crippen LogP contribution >= 0.6 is 0 Å². The molecule has 0 bridgehead atoms. The predicted octanol–water partition coefficient (Wildman–Crippen LogP) is 2.00. The van der Waals surface area contributed by atoms with Crippen LogP contribution in [0.2, 0.25) is 0 Å². The average Bonchev–Trinajstić information content (AvgIpc) is 2.39. The second kappa shape index (κ2) is 7.95. The fourth-order valence-electron chi connectivity index (χ4n) is 1.75. The molecule has 0 aromatic heterocycles. The van der Waals surface area contributed by atoms with E-state index in [1.165, 1.54) is 0 Å². The van der Waals surface area contributed by atoms with Crippen molar-refractivity contribution in [3.05, 3.63) is 23.8 Å². The van der Waals surface area contributed by atoms with Gasteiger partial charge in [-0.25, -0.2) is 0 Å². The lowest BCUT2D eigenvalue weighted by Gasteiger charge is -2.14.